The van der Waals surface area contributed by atoms with Crippen molar-refractivity contribution in [1.29, 1.82) is 0 Å². The molecule has 0 amide bonds. The predicted molar refractivity (Wildman–Crippen MR) is 94.5 cm³/mol. The lowest BCUT2D eigenvalue weighted by Crippen LogP contribution is -2.31. The molecule has 0 aromatic rings. The average Bonchev–Trinajstić information content (AvgIpc) is 2.52. The fourth-order valence-electron chi connectivity index (χ4n) is 2.18. The summed E-state index contributed by atoms with van der Waals surface area (Å²) in [6, 6.07) is 0. The molecule has 0 fully saturated rings. The molecule has 0 heterocycles. The van der Waals surface area contributed by atoms with Gasteiger partial charge in [0, 0.05) is 19.8 Å². The van der Waals surface area contributed by atoms with Crippen molar-refractivity contribution in [1.82, 2.24) is 4.90 Å². The molecule has 0 aromatic carbocycles. The summed E-state index contributed by atoms with van der Waals surface area (Å²) in [4.78, 5) is 13.4. The molecule has 0 spiro atoms. The normalized spacial score (nSPS) is 11.9. The zero-order valence-corrected chi connectivity index (χ0v) is 15.6. The van der Waals surface area contributed by atoms with Crippen LogP contribution in [0.2, 0.25) is 0 Å². The van der Waals surface area contributed by atoms with E-state index in [1.807, 2.05) is 20.9 Å². The summed E-state index contributed by atoms with van der Waals surface area (Å²) in [5.74, 6) is -0.949. The van der Waals surface area contributed by atoms with Crippen molar-refractivity contribution in [3.63, 3.8) is 0 Å². The van der Waals surface area contributed by atoms with E-state index in [1.54, 1.807) is 0 Å². The third-order valence-corrected chi connectivity index (χ3v) is 3.51. The summed E-state index contributed by atoms with van der Waals surface area (Å²) in [7, 11) is 2.01. The molecular formula is C18H39NO3. The lowest BCUT2D eigenvalue weighted by Gasteiger charge is -2.21. The van der Waals surface area contributed by atoms with Crippen LogP contribution in [0.4, 0.5) is 0 Å². The molecule has 0 aliphatic rings. The van der Waals surface area contributed by atoms with Gasteiger partial charge in [-0.15, -0.1) is 0 Å². The van der Waals surface area contributed by atoms with Crippen LogP contribution in [-0.4, -0.2) is 49.3 Å². The van der Waals surface area contributed by atoms with Crippen molar-refractivity contribution < 1.29 is 14.6 Å². The number of carboxylic acids is 1. The van der Waals surface area contributed by atoms with E-state index in [9.17, 15) is 9.90 Å². The lowest BCUT2D eigenvalue weighted by molar-refractivity contribution is -0.142. The summed E-state index contributed by atoms with van der Waals surface area (Å²) in [5, 5.41) is 9.25. The molecule has 1 unspecified atom stereocenters. The van der Waals surface area contributed by atoms with E-state index in [2.05, 4.69) is 18.7 Å². The highest BCUT2D eigenvalue weighted by Gasteiger charge is 2.18. The third-order valence-electron chi connectivity index (χ3n) is 3.51. The second kappa shape index (κ2) is 18.4. The van der Waals surface area contributed by atoms with Crippen LogP contribution in [0.1, 0.15) is 72.6 Å². The molecule has 22 heavy (non-hydrogen) atoms. The van der Waals surface area contributed by atoms with E-state index in [0.717, 1.165) is 38.8 Å². The molecule has 4 heteroatoms. The van der Waals surface area contributed by atoms with Crippen molar-refractivity contribution >= 4 is 5.97 Å². The summed E-state index contributed by atoms with van der Waals surface area (Å²) in [6.07, 6.45) is 7.34. The summed E-state index contributed by atoms with van der Waals surface area (Å²) in [6.45, 7) is 11.4. The topological polar surface area (TPSA) is 49.8 Å². The minimum atomic E-state index is -0.681. The van der Waals surface area contributed by atoms with E-state index >= 15 is 0 Å². The number of unbranched alkanes of at least 4 members (excludes halogenated alkanes) is 3. The van der Waals surface area contributed by atoms with Gasteiger partial charge in [0.05, 0.1) is 5.92 Å². The van der Waals surface area contributed by atoms with Crippen LogP contribution in [0.5, 0.6) is 0 Å². The molecule has 0 aliphatic heterocycles. The van der Waals surface area contributed by atoms with Gasteiger partial charge in [-0.1, -0.05) is 47.0 Å². The van der Waals surface area contributed by atoms with Crippen molar-refractivity contribution in [3.8, 4) is 0 Å². The van der Waals surface area contributed by atoms with Crippen molar-refractivity contribution in [3.05, 3.63) is 0 Å². The molecule has 1 atom stereocenters. The first-order valence-electron chi connectivity index (χ1n) is 9.10. The van der Waals surface area contributed by atoms with Crippen molar-refractivity contribution in [2.45, 2.75) is 72.6 Å². The summed E-state index contributed by atoms with van der Waals surface area (Å²) >= 11 is 0. The van der Waals surface area contributed by atoms with E-state index in [4.69, 9.17) is 4.74 Å². The summed E-state index contributed by atoms with van der Waals surface area (Å²) in [5.41, 5.74) is 0. The standard InChI is InChI=1S/C16H33NO3.C2H6/c1-4-6-8-12-20-13-9-10-15(16(18)19)14-17(3)11-7-5-2;1-2/h15H,4-14H2,1-3H3,(H,18,19);1-2H3. The number of carbonyl (C=O) groups is 1. The number of rotatable bonds is 14. The van der Waals surface area contributed by atoms with Gasteiger partial charge in [0.15, 0.2) is 0 Å². The monoisotopic (exact) mass is 317 g/mol. The van der Waals surface area contributed by atoms with Gasteiger partial charge < -0.3 is 14.7 Å². The number of hydrogen-bond acceptors (Lipinski definition) is 3. The van der Waals surface area contributed by atoms with Crippen LogP contribution < -0.4 is 0 Å². The fourth-order valence-corrected chi connectivity index (χ4v) is 2.18. The van der Waals surface area contributed by atoms with Gasteiger partial charge in [0.2, 0.25) is 0 Å². The minimum Gasteiger partial charge on any atom is -0.481 e. The second-order valence-electron chi connectivity index (χ2n) is 5.61. The number of hydrogen-bond donors (Lipinski definition) is 1. The van der Waals surface area contributed by atoms with Crippen LogP contribution in [0.25, 0.3) is 0 Å². The van der Waals surface area contributed by atoms with Gasteiger partial charge in [-0.3, -0.25) is 4.79 Å². The quantitative estimate of drug-likeness (QED) is 0.481. The maximum absolute atomic E-state index is 11.2. The maximum Gasteiger partial charge on any atom is 0.307 e. The molecule has 4 nitrogen and oxygen atoms in total. The zero-order valence-electron chi connectivity index (χ0n) is 15.6. The van der Waals surface area contributed by atoms with Crippen LogP contribution in [-0.2, 0) is 9.53 Å². The maximum atomic E-state index is 11.2. The molecule has 0 saturated carbocycles. The Hall–Kier alpha value is -0.610. The lowest BCUT2D eigenvalue weighted by atomic mass is 10.0. The van der Waals surface area contributed by atoms with Gasteiger partial charge >= 0.3 is 5.97 Å². The van der Waals surface area contributed by atoms with Gasteiger partial charge in [0.25, 0.3) is 0 Å². The highest BCUT2D eigenvalue weighted by Crippen LogP contribution is 2.10. The van der Waals surface area contributed by atoms with Gasteiger partial charge in [-0.2, -0.15) is 0 Å². The minimum absolute atomic E-state index is 0.268. The Kier molecular flexibility index (Phi) is 19.8. The number of nitrogens with zero attached hydrogens (tertiary/aromatic N) is 1. The molecule has 0 radical (unpaired) electrons. The van der Waals surface area contributed by atoms with Gasteiger partial charge in [-0.05, 0) is 39.3 Å². The molecule has 0 aliphatic carbocycles. The molecule has 0 aromatic heterocycles. The Morgan fingerprint density at radius 2 is 1.64 bits per heavy atom. The van der Waals surface area contributed by atoms with Crippen molar-refractivity contribution in [2.75, 3.05) is 33.4 Å². The van der Waals surface area contributed by atoms with E-state index in [-0.39, 0.29) is 5.92 Å². The van der Waals surface area contributed by atoms with Gasteiger partial charge in [-0.25, -0.2) is 0 Å². The van der Waals surface area contributed by atoms with E-state index in [1.165, 1.54) is 12.8 Å². The van der Waals surface area contributed by atoms with Crippen LogP contribution >= 0.6 is 0 Å². The van der Waals surface area contributed by atoms with Crippen molar-refractivity contribution in [2.24, 2.45) is 5.92 Å². The summed E-state index contributed by atoms with van der Waals surface area (Å²) < 4.78 is 5.53. The Morgan fingerprint density at radius 3 is 2.18 bits per heavy atom. The predicted octanol–water partition coefficient (Wildman–Crippen LogP) is 4.43. The molecular weight excluding hydrogens is 278 g/mol. The van der Waals surface area contributed by atoms with Crippen LogP contribution in [0, 0.1) is 5.92 Å². The highest BCUT2D eigenvalue weighted by molar-refractivity contribution is 5.70. The first-order chi connectivity index (χ1) is 10.6. The number of aliphatic carboxylic acids is 1. The molecule has 1 N–H and O–H groups in total. The van der Waals surface area contributed by atoms with E-state index < -0.39 is 5.97 Å². The largest absolute Gasteiger partial charge is 0.481 e. The SMILES string of the molecule is CC.CCCCCOCCCC(CN(C)CCCC)C(=O)O. The molecule has 0 bridgehead atoms. The molecule has 134 valence electrons. The Bertz CT molecular complexity index is 234. The van der Waals surface area contributed by atoms with Gasteiger partial charge in [0.1, 0.15) is 0 Å². The number of carboxylic acid groups (broad SMARTS) is 1. The number of ether oxygens (including phenoxy) is 1. The Balaban J connectivity index is 0. The third kappa shape index (κ3) is 15.8. The Labute approximate surface area is 138 Å². The fraction of sp³-hybridized carbons (Fsp3) is 0.944. The zero-order chi connectivity index (χ0) is 17.2. The van der Waals surface area contributed by atoms with Crippen LogP contribution in [0.3, 0.4) is 0 Å². The molecule has 0 saturated heterocycles. The highest BCUT2D eigenvalue weighted by atomic mass is 16.5. The van der Waals surface area contributed by atoms with Crippen LogP contribution in [0.15, 0.2) is 0 Å². The van der Waals surface area contributed by atoms with E-state index in [0.29, 0.717) is 19.6 Å². The Morgan fingerprint density at radius 1 is 1.05 bits per heavy atom. The average molecular weight is 318 g/mol. The second-order valence-corrected chi connectivity index (χ2v) is 5.61. The first kappa shape index (κ1) is 23.7. The smallest absolute Gasteiger partial charge is 0.307 e. The first-order valence-corrected chi connectivity index (χ1v) is 9.10. The molecule has 0 rings (SSSR count).